The minimum atomic E-state index is -4.02. The summed E-state index contributed by atoms with van der Waals surface area (Å²) in [7, 11) is -4.02. The second-order valence-corrected chi connectivity index (χ2v) is 9.96. The molecule has 0 aliphatic carbocycles. The quantitative estimate of drug-likeness (QED) is 0.331. The smallest absolute Gasteiger partial charge is 0.293 e. The standard InChI is InChI=1S/C24H28N4O4S/c1-4-19-5-7-21(8-6-19)27(17-18(2)3)33(31,32)22-9-10-23(24(15-22)28(29)30)26-16-20-11-13-25-14-12-20/h5-15,18,26H,4,16-17H2,1-3H3. The zero-order valence-corrected chi connectivity index (χ0v) is 19.7. The zero-order chi connectivity index (χ0) is 24.0. The lowest BCUT2D eigenvalue weighted by atomic mass is 10.1. The molecule has 1 heterocycles. The predicted molar refractivity (Wildman–Crippen MR) is 130 cm³/mol. The van der Waals surface area contributed by atoms with Crippen LogP contribution in [-0.2, 0) is 23.0 Å². The maximum absolute atomic E-state index is 13.6. The first-order valence-electron chi connectivity index (χ1n) is 10.7. The molecule has 1 N–H and O–H groups in total. The molecule has 0 amide bonds. The molecule has 33 heavy (non-hydrogen) atoms. The van der Waals surface area contributed by atoms with Crippen LogP contribution in [0.5, 0.6) is 0 Å². The molecular formula is C24H28N4O4S. The molecule has 0 aliphatic rings. The maximum Gasteiger partial charge on any atom is 0.293 e. The Labute approximate surface area is 194 Å². The number of sulfonamides is 1. The van der Waals surface area contributed by atoms with Crippen molar-refractivity contribution in [2.45, 2.75) is 38.6 Å². The second kappa shape index (κ2) is 10.4. The van der Waals surface area contributed by atoms with E-state index < -0.39 is 14.9 Å². The molecular weight excluding hydrogens is 440 g/mol. The number of nitrogens with one attached hydrogen (secondary N) is 1. The van der Waals surface area contributed by atoms with E-state index in [0.717, 1.165) is 23.6 Å². The summed E-state index contributed by atoms with van der Waals surface area (Å²) in [6.45, 7) is 6.48. The lowest BCUT2D eigenvalue weighted by Crippen LogP contribution is -2.34. The van der Waals surface area contributed by atoms with E-state index in [4.69, 9.17) is 0 Å². The van der Waals surface area contributed by atoms with Gasteiger partial charge in [0.25, 0.3) is 15.7 Å². The number of aryl methyl sites for hydroxylation is 1. The number of anilines is 2. The lowest BCUT2D eigenvalue weighted by Gasteiger charge is -2.26. The highest BCUT2D eigenvalue weighted by molar-refractivity contribution is 7.92. The van der Waals surface area contributed by atoms with Crippen molar-refractivity contribution in [2.75, 3.05) is 16.2 Å². The van der Waals surface area contributed by atoms with Gasteiger partial charge in [-0.1, -0.05) is 32.9 Å². The number of nitro groups is 1. The van der Waals surface area contributed by atoms with E-state index in [0.29, 0.717) is 12.2 Å². The third kappa shape index (κ3) is 5.87. The topological polar surface area (TPSA) is 105 Å². The minimum Gasteiger partial charge on any atom is -0.375 e. The SMILES string of the molecule is CCc1ccc(N(CC(C)C)S(=O)(=O)c2ccc(NCc3ccncc3)c([N+](=O)[O-])c2)cc1. The minimum absolute atomic E-state index is 0.0573. The average molecular weight is 469 g/mol. The van der Waals surface area contributed by atoms with Gasteiger partial charge in [0.2, 0.25) is 0 Å². The van der Waals surface area contributed by atoms with Crippen molar-refractivity contribution >= 4 is 27.1 Å². The number of hydrogen-bond acceptors (Lipinski definition) is 6. The summed E-state index contributed by atoms with van der Waals surface area (Å²) in [6.07, 6.45) is 4.12. The van der Waals surface area contributed by atoms with Gasteiger partial charge in [-0.3, -0.25) is 19.4 Å². The Hall–Kier alpha value is -3.46. The molecule has 8 nitrogen and oxygen atoms in total. The molecule has 0 fully saturated rings. The molecule has 9 heteroatoms. The summed E-state index contributed by atoms with van der Waals surface area (Å²) < 4.78 is 28.4. The predicted octanol–water partition coefficient (Wildman–Crippen LogP) is 5.02. The van der Waals surface area contributed by atoms with Crippen LogP contribution in [0.15, 0.2) is 71.9 Å². The van der Waals surface area contributed by atoms with Crippen LogP contribution in [0.4, 0.5) is 17.1 Å². The highest BCUT2D eigenvalue weighted by Crippen LogP contribution is 2.32. The van der Waals surface area contributed by atoms with E-state index in [9.17, 15) is 18.5 Å². The monoisotopic (exact) mass is 468 g/mol. The van der Waals surface area contributed by atoms with Crippen LogP contribution in [0.2, 0.25) is 0 Å². The van der Waals surface area contributed by atoms with Crippen molar-refractivity contribution < 1.29 is 13.3 Å². The van der Waals surface area contributed by atoms with Crippen molar-refractivity contribution in [3.63, 3.8) is 0 Å². The molecule has 2 aromatic carbocycles. The number of nitrogens with zero attached hydrogens (tertiary/aromatic N) is 3. The number of hydrogen-bond donors (Lipinski definition) is 1. The van der Waals surface area contributed by atoms with Crippen LogP contribution in [-0.4, -0.2) is 24.9 Å². The van der Waals surface area contributed by atoms with Gasteiger partial charge in [0.1, 0.15) is 5.69 Å². The summed E-state index contributed by atoms with van der Waals surface area (Å²) in [5.74, 6) is 0.0573. The van der Waals surface area contributed by atoms with Gasteiger partial charge < -0.3 is 5.32 Å². The largest absolute Gasteiger partial charge is 0.375 e. The zero-order valence-electron chi connectivity index (χ0n) is 18.9. The van der Waals surface area contributed by atoms with Crippen LogP contribution in [0.3, 0.4) is 0 Å². The van der Waals surface area contributed by atoms with Gasteiger partial charge in [0, 0.05) is 31.5 Å². The fourth-order valence-corrected chi connectivity index (χ4v) is 5.02. The number of benzene rings is 2. The Kier molecular flexibility index (Phi) is 7.65. The van der Waals surface area contributed by atoms with Gasteiger partial charge in [0.05, 0.1) is 15.5 Å². The Morgan fingerprint density at radius 2 is 1.70 bits per heavy atom. The van der Waals surface area contributed by atoms with Crippen molar-refractivity contribution in [3.8, 4) is 0 Å². The van der Waals surface area contributed by atoms with E-state index in [1.165, 1.54) is 16.4 Å². The normalized spacial score (nSPS) is 11.4. The first-order valence-corrected chi connectivity index (χ1v) is 12.2. The van der Waals surface area contributed by atoms with Crippen LogP contribution < -0.4 is 9.62 Å². The van der Waals surface area contributed by atoms with Crippen LogP contribution >= 0.6 is 0 Å². The Morgan fingerprint density at radius 3 is 2.27 bits per heavy atom. The maximum atomic E-state index is 13.6. The van der Waals surface area contributed by atoms with Gasteiger partial charge in [-0.15, -0.1) is 0 Å². The van der Waals surface area contributed by atoms with Crippen molar-refractivity contribution in [2.24, 2.45) is 5.92 Å². The van der Waals surface area contributed by atoms with Gasteiger partial charge >= 0.3 is 0 Å². The highest BCUT2D eigenvalue weighted by Gasteiger charge is 2.28. The van der Waals surface area contributed by atoms with E-state index in [1.807, 2.05) is 32.9 Å². The fraction of sp³-hybridized carbons (Fsp3) is 0.292. The summed E-state index contributed by atoms with van der Waals surface area (Å²) in [5.41, 5.74) is 2.48. The number of pyridine rings is 1. The Balaban J connectivity index is 1.96. The molecule has 0 saturated carbocycles. The first kappa shape index (κ1) is 24.2. The van der Waals surface area contributed by atoms with Crippen LogP contribution in [0.1, 0.15) is 31.9 Å². The molecule has 1 aromatic heterocycles. The molecule has 0 bridgehead atoms. The molecule has 0 unspecified atom stereocenters. The van der Waals surface area contributed by atoms with Crippen molar-refractivity contribution in [3.05, 3.63) is 88.2 Å². The number of aromatic nitrogens is 1. The molecule has 0 spiro atoms. The van der Waals surface area contributed by atoms with Crippen LogP contribution in [0, 0.1) is 16.0 Å². The molecule has 0 aliphatic heterocycles. The van der Waals surface area contributed by atoms with Crippen molar-refractivity contribution in [1.82, 2.24) is 4.98 Å². The molecule has 3 aromatic rings. The lowest BCUT2D eigenvalue weighted by molar-refractivity contribution is -0.384. The van der Waals surface area contributed by atoms with Gasteiger partial charge in [-0.25, -0.2) is 8.42 Å². The number of rotatable bonds is 10. The first-order chi connectivity index (χ1) is 15.7. The van der Waals surface area contributed by atoms with E-state index in [1.54, 1.807) is 36.7 Å². The summed E-state index contributed by atoms with van der Waals surface area (Å²) in [4.78, 5) is 15.0. The summed E-state index contributed by atoms with van der Waals surface area (Å²) >= 11 is 0. The molecule has 0 radical (unpaired) electrons. The van der Waals surface area contributed by atoms with Crippen molar-refractivity contribution in [1.29, 1.82) is 0 Å². The second-order valence-electron chi connectivity index (χ2n) is 8.10. The highest BCUT2D eigenvalue weighted by atomic mass is 32.2. The van der Waals surface area contributed by atoms with E-state index >= 15 is 0 Å². The van der Waals surface area contributed by atoms with Crippen LogP contribution in [0.25, 0.3) is 0 Å². The third-order valence-electron chi connectivity index (χ3n) is 5.15. The van der Waals surface area contributed by atoms with E-state index in [2.05, 4.69) is 10.3 Å². The van der Waals surface area contributed by atoms with Gasteiger partial charge in [-0.05, 0) is 59.9 Å². The Bertz CT molecular complexity index is 1200. The summed E-state index contributed by atoms with van der Waals surface area (Å²) in [5, 5.41) is 14.8. The average Bonchev–Trinajstić information content (AvgIpc) is 2.81. The molecule has 0 saturated heterocycles. The summed E-state index contributed by atoms with van der Waals surface area (Å²) in [6, 6.07) is 14.9. The Morgan fingerprint density at radius 1 is 1.03 bits per heavy atom. The number of nitro benzene ring substituents is 1. The molecule has 0 atom stereocenters. The van der Waals surface area contributed by atoms with Gasteiger partial charge in [-0.2, -0.15) is 0 Å². The fourth-order valence-electron chi connectivity index (χ4n) is 3.37. The van der Waals surface area contributed by atoms with Gasteiger partial charge in [0.15, 0.2) is 0 Å². The van der Waals surface area contributed by atoms with E-state index in [-0.39, 0.29) is 28.7 Å². The molecule has 174 valence electrons. The molecule has 3 rings (SSSR count). The third-order valence-corrected chi connectivity index (χ3v) is 6.94.